The number of methoxy groups -OCH3 is 1. The van der Waals surface area contributed by atoms with Gasteiger partial charge in [0.05, 0.1) is 0 Å². The maximum absolute atomic E-state index is 12.6. The Labute approximate surface area is 120 Å². The van der Waals surface area contributed by atoms with Crippen LogP contribution in [0.1, 0.15) is 13.8 Å². The topological polar surface area (TPSA) is 70.1 Å². The Morgan fingerprint density at radius 2 is 1.57 bits per heavy atom. The summed E-state index contributed by atoms with van der Waals surface area (Å²) in [5.74, 6) is -1.69. The molecule has 0 radical (unpaired) electrons. The summed E-state index contributed by atoms with van der Waals surface area (Å²) in [7, 11) is 1.38. The number of amides is 2. The molecule has 2 unspecified atom stereocenters. The minimum atomic E-state index is -5.04. The average molecular weight is 312 g/mol. The Balaban J connectivity index is 2.65. The second kappa shape index (κ2) is 6.18. The Morgan fingerprint density at radius 1 is 1.14 bits per heavy atom. The lowest BCUT2D eigenvalue weighted by atomic mass is 10.0. The van der Waals surface area contributed by atoms with E-state index in [9.17, 15) is 27.9 Å². The molecule has 9 heteroatoms. The van der Waals surface area contributed by atoms with E-state index in [1.807, 2.05) is 0 Å². The quantitative estimate of drug-likeness (QED) is 0.797. The largest absolute Gasteiger partial charge is 0.426 e. The van der Waals surface area contributed by atoms with Crippen LogP contribution in [0.2, 0.25) is 0 Å². The summed E-state index contributed by atoms with van der Waals surface area (Å²) in [4.78, 5) is 25.9. The predicted molar refractivity (Wildman–Crippen MR) is 66.3 cm³/mol. The fourth-order valence-corrected chi connectivity index (χ4v) is 1.92. The molecule has 2 atom stereocenters. The molecule has 2 amide bonds. The maximum Gasteiger partial charge on any atom is 0.426 e. The normalized spacial score (nSPS) is 20.9. The highest BCUT2D eigenvalue weighted by molar-refractivity contribution is 5.86. The van der Waals surface area contributed by atoms with Crippen molar-refractivity contribution < 1.29 is 32.6 Å². The number of carbonyl (C=O) groups is 2. The minimum Gasteiger partial charge on any atom is -0.373 e. The smallest absolute Gasteiger partial charge is 0.373 e. The van der Waals surface area contributed by atoms with Crippen molar-refractivity contribution in [2.45, 2.75) is 31.7 Å². The maximum atomic E-state index is 12.6. The molecule has 0 aromatic heterocycles. The van der Waals surface area contributed by atoms with Crippen molar-refractivity contribution in [1.82, 2.24) is 9.80 Å². The van der Waals surface area contributed by atoms with Gasteiger partial charge < -0.3 is 19.6 Å². The molecule has 0 aromatic rings. The van der Waals surface area contributed by atoms with E-state index < -0.39 is 23.8 Å². The zero-order valence-electron chi connectivity index (χ0n) is 12.1. The van der Waals surface area contributed by atoms with Gasteiger partial charge in [-0.2, -0.15) is 13.2 Å². The van der Waals surface area contributed by atoms with Crippen LogP contribution in [-0.2, 0) is 14.3 Å². The van der Waals surface area contributed by atoms with Crippen molar-refractivity contribution >= 4 is 11.8 Å². The second-order valence-corrected chi connectivity index (χ2v) is 5.07. The fraction of sp³-hybridized carbons (Fsp3) is 0.833. The van der Waals surface area contributed by atoms with Crippen molar-refractivity contribution in [2.24, 2.45) is 0 Å². The van der Waals surface area contributed by atoms with E-state index in [0.29, 0.717) is 6.92 Å². The van der Waals surface area contributed by atoms with E-state index in [-0.39, 0.29) is 32.1 Å². The Hall–Kier alpha value is -1.35. The Kier molecular flexibility index (Phi) is 5.21. The first-order chi connectivity index (χ1) is 9.52. The van der Waals surface area contributed by atoms with Crippen LogP contribution >= 0.6 is 0 Å². The van der Waals surface area contributed by atoms with E-state index in [1.165, 1.54) is 12.0 Å². The zero-order valence-corrected chi connectivity index (χ0v) is 12.1. The fourth-order valence-electron chi connectivity index (χ4n) is 1.92. The number of ether oxygens (including phenoxy) is 1. The number of rotatable bonds is 3. The van der Waals surface area contributed by atoms with Crippen molar-refractivity contribution in [1.29, 1.82) is 0 Å². The number of carbonyl (C=O) groups excluding carboxylic acids is 2. The number of hydrogen-bond acceptors (Lipinski definition) is 4. The highest BCUT2D eigenvalue weighted by Gasteiger charge is 2.57. The van der Waals surface area contributed by atoms with Crippen LogP contribution in [0, 0.1) is 0 Å². The highest BCUT2D eigenvalue weighted by Crippen LogP contribution is 2.31. The molecule has 0 bridgehead atoms. The van der Waals surface area contributed by atoms with E-state index in [1.54, 1.807) is 6.92 Å². The van der Waals surface area contributed by atoms with Gasteiger partial charge in [0.15, 0.2) is 0 Å². The summed E-state index contributed by atoms with van der Waals surface area (Å²) in [6.07, 6.45) is -5.69. The van der Waals surface area contributed by atoms with E-state index in [2.05, 4.69) is 0 Å². The molecule has 1 rings (SSSR count). The van der Waals surface area contributed by atoms with Crippen molar-refractivity contribution in [3.8, 4) is 0 Å². The SMILES string of the molecule is COC(C)C(=O)N1CCN(C(=O)C(C)(O)C(F)(F)F)CC1. The third kappa shape index (κ3) is 3.65. The van der Waals surface area contributed by atoms with Gasteiger partial charge in [-0.05, 0) is 13.8 Å². The van der Waals surface area contributed by atoms with Gasteiger partial charge in [-0.3, -0.25) is 9.59 Å². The van der Waals surface area contributed by atoms with E-state index in [0.717, 1.165) is 4.90 Å². The third-order valence-corrected chi connectivity index (χ3v) is 3.55. The molecule has 0 spiro atoms. The first-order valence-corrected chi connectivity index (χ1v) is 6.42. The second-order valence-electron chi connectivity index (χ2n) is 5.07. The zero-order chi connectivity index (χ0) is 16.4. The summed E-state index contributed by atoms with van der Waals surface area (Å²) in [6, 6.07) is 0. The standard InChI is InChI=1S/C12H19F3N2O4/c1-8(21-3)9(18)16-4-6-17(7-5-16)10(19)11(2,20)12(13,14)15/h8,20H,4-7H2,1-3H3. The van der Waals surface area contributed by atoms with Crippen molar-refractivity contribution in [3.63, 3.8) is 0 Å². The van der Waals surface area contributed by atoms with Gasteiger partial charge in [-0.15, -0.1) is 0 Å². The van der Waals surface area contributed by atoms with Gasteiger partial charge in [-0.1, -0.05) is 0 Å². The molecule has 0 aromatic carbocycles. The summed E-state index contributed by atoms with van der Waals surface area (Å²) in [6.45, 7) is 2.08. The van der Waals surface area contributed by atoms with Crippen LogP contribution in [-0.4, -0.2) is 77.9 Å². The molecule has 0 aliphatic carbocycles. The Morgan fingerprint density at radius 3 is 1.95 bits per heavy atom. The number of alkyl halides is 3. The van der Waals surface area contributed by atoms with Gasteiger partial charge in [0.2, 0.25) is 5.60 Å². The molecule has 21 heavy (non-hydrogen) atoms. The first kappa shape index (κ1) is 17.7. The van der Waals surface area contributed by atoms with Crippen LogP contribution in [0.15, 0.2) is 0 Å². The summed E-state index contributed by atoms with van der Waals surface area (Å²) < 4.78 is 42.7. The molecule has 0 saturated carbocycles. The summed E-state index contributed by atoms with van der Waals surface area (Å²) in [5, 5.41) is 9.36. The van der Waals surface area contributed by atoms with Crippen molar-refractivity contribution in [2.75, 3.05) is 33.3 Å². The third-order valence-electron chi connectivity index (χ3n) is 3.55. The molecule has 1 N–H and O–H groups in total. The molecular weight excluding hydrogens is 293 g/mol. The van der Waals surface area contributed by atoms with Crippen LogP contribution in [0.5, 0.6) is 0 Å². The van der Waals surface area contributed by atoms with Crippen molar-refractivity contribution in [3.05, 3.63) is 0 Å². The minimum absolute atomic E-state index is 0.0623. The Bertz CT molecular complexity index is 404. The van der Waals surface area contributed by atoms with Gasteiger partial charge >= 0.3 is 6.18 Å². The number of nitrogens with zero attached hydrogens (tertiary/aromatic N) is 2. The van der Waals surface area contributed by atoms with Crippen LogP contribution < -0.4 is 0 Å². The molecule has 1 heterocycles. The lowest BCUT2D eigenvalue weighted by Gasteiger charge is -2.38. The summed E-state index contributed by atoms with van der Waals surface area (Å²) in [5.41, 5.74) is -3.42. The average Bonchev–Trinajstić information content (AvgIpc) is 2.43. The van der Waals surface area contributed by atoms with E-state index >= 15 is 0 Å². The lowest BCUT2D eigenvalue weighted by molar-refractivity contribution is -0.250. The highest BCUT2D eigenvalue weighted by atomic mass is 19.4. The molecule has 1 aliphatic rings. The van der Waals surface area contributed by atoms with E-state index in [4.69, 9.17) is 4.74 Å². The number of halogens is 3. The van der Waals surface area contributed by atoms with Crippen LogP contribution in [0.4, 0.5) is 13.2 Å². The van der Waals surface area contributed by atoms with Gasteiger partial charge in [-0.25, -0.2) is 0 Å². The molecule has 122 valence electrons. The van der Waals surface area contributed by atoms with Crippen LogP contribution in [0.3, 0.4) is 0 Å². The molecule has 6 nitrogen and oxygen atoms in total. The number of piperazine rings is 1. The molecule has 1 aliphatic heterocycles. The van der Waals surface area contributed by atoms with Gasteiger partial charge in [0.1, 0.15) is 6.10 Å². The lowest BCUT2D eigenvalue weighted by Crippen LogP contribution is -2.60. The monoisotopic (exact) mass is 312 g/mol. The number of aliphatic hydroxyl groups is 1. The molecule has 1 fully saturated rings. The van der Waals surface area contributed by atoms with Crippen LogP contribution in [0.25, 0.3) is 0 Å². The predicted octanol–water partition coefficient (Wildman–Crippen LogP) is 0.00540. The molecular formula is C12H19F3N2O4. The van der Waals surface area contributed by atoms with Gasteiger partial charge in [0, 0.05) is 33.3 Å². The molecule has 1 saturated heterocycles. The summed E-state index contributed by atoms with van der Waals surface area (Å²) >= 11 is 0. The van der Waals surface area contributed by atoms with Gasteiger partial charge in [0.25, 0.3) is 11.8 Å². The number of hydrogen-bond donors (Lipinski definition) is 1. The first-order valence-electron chi connectivity index (χ1n) is 6.42.